The first-order valence-corrected chi connectivity index (χ1v) is 6.58. The van der Waals surface area contributed by atoms with Crippen LogP contribution in [0.25, 0.3) is 0 Å². The fourth-order valence-electron chi connectivity index (χ4n) is 1.74. The van der Waals surface area contributed by atoms with E-state index < -0.39 is 23.3 Å². The number of rotatable bonds is 4. The molecular formula is C16H19F3O3. The molecule has 0 aliphatic heterocycles. The highest BCUT2D eigenvalue weighted by Gasteiger charge is 2.51. The first-order chi connectivity index (χ1) is 9.79. The molecule has 0 spiro atoms. The molecule has 0 saturated heterocycles. The van der Waals surface area contributed by atoms with E-state index in [9.17, 15) is 23.1 Å². The van der Waals surface area contributed by atoms with Crippen molar-refractivity contribution in [3.63, 3.8) is 0 Å². The summed E-state index contributed by atoms with van der Waals surface area (Å²) >= 11 is 0. The molecule has 1 rings (SSSR count). The van der Waals surface area contributed by atoms with Crippen molar-refractivity contribution >= 4 is 5.97 Å². The van der Waals surface area contributed by atoms with Gasteiger partial charge in [0, 0.05) is 5.57 Å². The van der Waals surface area contributed by atoms with Crippen LogP contribution >= 0.6 is 0 Å². The van der Waals surface area contributed by atoms with Crippen LogP contribution < -0.4 is 0 Å². The number of esters is 1. The second-order valence-corrected chi connectivity index (χ2v) is 5.83. The standard InChI is InChI=1S/C16H19F3O3/c1-10(2)13(20)22-14(3,4)11-7-6-8-12(9-11)15(5,21)16(17,18)19/h6-9,21H,1H2,2-5H3. The highest BCUT2D eigenvalue weighted by atomic mass is 19.4. The summed E-state index contributed by atoms with van der Waals surface area (Å²) in [4.78, 5) is 11.6. The number of alkyl halides is 3. The zero-order chi connectivity index (χ0) is 17.3. The van der Waals surface area contributed by atoms with Gasteiger partial charge >= 0.3 is 12.1 Å². The minimum absolute atomic E-state index is 0.187. The molecule has 22 heavy (non-hydrogen) atoms. The summed E-state index contributed by atoms with van der Waals surface area (Å²) in [5.74, 6) is -0.641. The lowest BCUT2D eigenvalue weighted by molar-refractivity contribution is -0.258. The van der Waals surface area contributed by atoms with Crippen molar-refractivity contribution in [1.82, 2.24) is 0 Å². The molecule has 0 aliphatic rings. The molecule has 122 valence electrons. The molecule has 0 aromatic heterocycles. The average Bonchev–Trinajstić information content (AvgIpc) is 2.37. The summed E-state index contributed by atoms with van der Waals surface area (Å²) in [6.45, 7) is 8.72. The fourth-order valence-corrected chi connectivity index (χ4v) is 1.74. The van der Waals surface area contributed by atoms with Gasteiger partial charge in [0.15, 0.2) is 5.60 Å². The summed E-state index contributed by atoms with van der Waals surface area (Å²) in [6, 6.07) is 5.26. The fraction of sp³-hybridized carbons (Fsp3) is 0.438. The van der Waals surface area contributed by atoms with Crippen molar-refractivity contribution in [2.75, 3.05) is 0 Å². The number of ether oxygens (including phenoxy) is 1. The third-order valence-corrected chi connectivity index (χ3v) is 3.37. The summed E-state index contributed by atoms with van der Waals surface area (Å²) in [7, 11) is 0. The number of carbonyl (C=O) groups is 1. The van der Waals surface area contributed by atoms with Crippen molar-refractivity contribution in [2.24, 2.45) is 0 Å². The summed E-state index contributed by atoms with van der Waals surface area (Å²) < 4.78 is 44.0. The van der Waals surface area contributed by atoms with Gasteiger partial charge in [0.1, 0.15) is 5.60 Å². The maximum atomic E-state index is 12.9. The van der Waals surface area contributed by atoms with Crippen LogP contribution in [-0.4, -0.2) is 17.3 Å². The molecule has 0 aliphatic carbocycles. The Morgan fingerprint density at radius 3 is 2.14 bits per heavy atom. The van der Waals surface area contributed by atoms with Gasteiger partial charge in [-0.1, -0.05) is 24.8 Å². The third-order valence-electron chi connectivity index (χ3n) is 3.37. The molecule has 1 N–H and O–H groups in total. The molecule has 3 nitrogen and oxygen atoms in total. The third kappa shape index (κ3) is 3.68. The first-order valence-electron chi connectivity index (χ1n) is 6.58. The largest absolute Gasteiger partial charge is 0.451 e. The molecule has 0 amide bonds. The first kappa shape index (κ1) is 18.2. The predicted molar refractivity (Wildman–Crippen MR) is 76.0 cm³/mol. The van der Waals surface area contributed by atoms with E-state index in [-0.39, 0.29) is 11.1 Å². The molecule has 6 heteroatoms. The smallest absolute Gasteiger partial charge is 0.421 e. The van der Waals surface area contributed by atoms with Crippen molar-refractivity contribution in [3.8, 4) is 0 Å². The molecule has 1 unspecified atom stereocenters. The lowest BCUT2D eigenvalue weighted by atomic mass is 9.89. The van der Waals surface area contributed by atoms with Gasteiger partial charge in [-0.2, -0.15) is 13.2 Å². The second kappa shape index (κ2) is 5.76. The van der Waals surface area contributed by atoms with Gasteiger partial charge in [-0.15, -0.1) is 0 Å². The van der Waals surface area contributed by atoms with Crippen LogP contribution in [0.4, 0.5) is 13.2 Å². The number of hydrogen-bond acceptors (Lipinski definition) is 3. The quantitative estimate of drug-likeness (QED) is 0.679. The Bertz CT molecular complexity index is 587. The van der Waals surface area contributed by atoms with Crippen LogP contribution in [0, 0.1) is 0 Å². The Labute approximate surface area is 127 Å². The molecule has 0 bridgehead atoms. The average molecular weight is 316 g/mol. The predicted octanol–water partition coefficient (Wildman–Crippen LogP) is 3.81. The van der Waals surface area contributed by atoms with Crippen molar-refractivity contribution in [3.05, 3.63) is 47.5 Å². The van der Waals surface area contributed by atoms with Gasteiger partial charge in [0.2, 0.25) is 0 Å². The summed E-state index contributed by atoms with van der Waals surface area (Å²) in [5.41, 5.74) is -3.95. The van der Waals surface area contributed by atoms with E-state index in [0.717, 1.165) is 0 Å². The van der Waals surface area contributed by atoms with Crippen LogP contribution in [0.1, 0.15) is 38.8 Å². The van der Waals surface area contributed by atoms with Gasteiger partial charge in [0.25, 0.3) is 0 Å². The Hall–Kier alpha value is -1.82. The molecule has 0 fully saturated rings. The van der Waals surface area contributed by atoms with E-state index in [4.69, 9.17) is 4.74 Å². The van der Waals surface area contributed by atoms with Gasteiger partial charge < -0.3 is 9.84 Å². The van der Waals surface area contributed by atoms with E-state index >= 15 is 0 Å². The Morgan fingerprint density at radius 2 is 1.68 bits per heavy atom. The lowest BCUT2D eigenvalue weighted by Crippen LogP contribution is -2.39. The minimum Gasteiger partial charge on any atom is -0.451 e. The van der Waals surface area contributed by atoms with Crippen LogP contribution in [-0.2, 0) is 20.7 Å². The minimum atomic E-state index is -4.82. The number of halogens is 3. The molecule has 1 atom stereocenters. The SMILES string of the molecule is C=C(C)C(=O)OC(C)(C)c1cccc(C(C)(O)C(F)(F)F)c1. The summed E-state index contributed by atoms with van der Waals surface area (Å²) in [6.07, 6.45) is -4.82. The topological polar surface area (TPSA) is 46.5 Å². The zero-order valence-corrected chi connectivity index (χ0v) is 12.9. The molecule has 0 saturated carbocycles. The van der Waals surface area contributed by atoms with Crippen LogP contribution in [0.5, 0.6) is 0 Å². The molecule has 1 aromatic carbocycles. The van der Waals surface area contributed by atoms with Gasteiger partial charge in [0.05, 0.1) is 0 Å². The van der Waals surface area contributed by atoms with Crippen molar-refractivity contribution < 1.29 is 27.8 Å². The Balaban J connectivity index is 3.22. The molecule has 1 aromatic rings. The Morgan fingerprint density at radius 1 is 1.18 bits per heavy atom. The van der Waals surface area contributed by atoms with Crippen LogP contribution in [0.2, 0.25) is 0 Å². The number of hydrogen-bond donors (Lipinski definition) is 1. The van der Waals surface area contributed by atoms with Crippen molar-refractivity contribution in [1.29, 1.82) is 0 Å². The number of aliphatic hydroxyl groups is 1. The number of carbonyl (C=O) groups excluding carboxylic acids is 1. The van der Waals surface area contributed by atoms with E-state index in [1.165, 1.54) is 31.2 Å². The maximum Gasteiger partial charge on any atom is 0.421 e. The second-order valence-electron chi connectivity index (χ2n) is 5.83. The lowest BCUT2D eigenvalue weighted by Gasteiger charge is -2.30. The maximum absolute atomic E-state index is 12.9. The van der Waals surface area contributed by atoms with E-state index in [2.05, 4.69) is 6.58 Å². The highest BCUT2D eigenvalue weighted by Crippen LogP contribution is 2.39. The molecular weight excluding hydrogens is 297 g/mol. The van der Waals surface area contributed by atoms with Crippen LogP contribution in [0.3, 0.4) is 0 Å². The van der Waals surface area contributed by atoms with E-state index in [1.54, 1.807) is 13.8 Å². The van der Waals surface area contributed by atoms with Crippen molar-refractivity contribution in [2.45, 2.75) is 45.1 Å². The number of benzene rings is 1. The van der Waals surface area contributed by atoms with Gasteiger partial charge in [-0.05, 0) is 44.9 Å². The van der Waals surface area contributed by atoms with Gasteiger partial charge in [-0.25, -0.2) is 4.79 Å². The normalized spacial score (nSPS) is 15.1. The zero-order valence-electron chi connectivity index (χ0n) is 12.9. The van der Waals surface area contributed by atoms with Gasteiger partial charge in [-0.3, -0.25) is 0 Å². The van der Waals surface area contributed by atoms with Crippen LogP contribution in [0.15, 0.2) is 36.4 Å². The van der Waals surface area contributed by atoms with E-state index in [1.807, 2.05) is 0 Å². The summed E-state index contributed by atoms with van der Waals surface area (Å²) in [5, 5.41) is 9.74. The molecule has 0 radical (unpaired) electrons. The van der Waals surface area contributed by atoms with E-state index in [0.29, 0.717) is 12.5 Å². The highest BCUT2D eigenvalue weighted by molar-refractivity contribution is 5.87. The monoisotopic (exact) mass is 316 g/mol. The molecule has 0 heterocycles. The Kier molecular flexibility index (Phi) is 4.77.